The Kier molecular flexibility index (Phi) is 2.94. The van der Waals surface area contributed by atoms with Crippen LogP contribution in [-0.4, -0.2) is 19.7 Å². The lowest BCUT2D eigenvalue weighted by molar-refractivity contribution is 0.448. The van der Waals surface area contributed by atoms with Crippen molar-refractivity contribution in [2.45, 2.75) is 27.7 Å². The second kappa shape index (κ2) is 4.29. The monoisotopic (exact) mass is 247 g/mol. The van der Waals surface area contributed by atoms with Crippen LogP contribution in [0.5, 0.6) is 11.6 Å². The molecule has 0 aromatic carbocycles. The number of nitrogens with zero attached hydrogens (tertiary/aromatic N) is 4. The van der Waals surface area contributed by atoms with Gasteiger partial charge in [-0.3, -0.25) is 4.68 Å². The first-order valence-electron chi connectivity index (χ1n) is 5.69. The maximum atomic E-state index is 5.84. The van der Waals surface area contributed by atoms with Crippen molar-refractivity contribution in [2.75, 3.05) is 5.73 Å². The fraction of sp³-hybridized carbons (Fsp3) is 0.417. The van der Waals surface area contributed by atoms with E-state index >= 15 is 0 Å². The maximum absolute atomic E-state index is 5.84. The quantitative estimate of drug-likeness (QED) is 0.875. The highest BCUT2D eigenvalue weighted by molar-refractivity contribution is 5.46. The van der Waals surface area contributed by atoms with E-state index in [1.54, 1.807) is 11.6 Å². The van der Waals surface area contributed by atoms with E-state index in [-0.39, 0.29) is 0 Å². The van der Waals surface area contributed by atoms with Gasteiger partial charge in [-0.2, -0.15) is 10.1 Å². The van der Waals surface area contributed by atoms with Crippen LogP contribution in [0.25, 0.3) is 0 Å². The number of rotatable bonds is 2. The smallest absolute Gasteiger partial charge is 0.227 e. The first kappa shape index (κ1) is 12.3. The van der Waals surface area contributed by atoms with Crippen LogP contribution < -0.4 is 10.5 Å². The van der Waals surface area contributed by atoms with E-state index in [0.717, 1.165) is 22.7 Å². The van der Waals surface area contributed by atoms with Crippen molar-refractivity contribution in [2.24, 2.45) is 7.05 Å². The molecule has 0 bridgehead atoms. The molecule has 18 heavy (non-hydrogen) atoms. The summed E-state index contributed by atoms with van der Waals surface area (Å²) in [5, 5.41) is 4.30. The molecular formula is C12H17N5O. The van der Waals surface area contributed by atoms with Gasteiger partial charge in [-0.05, 0) is 27.7 Å². The van der Waals surface area contributed by atoms with Gasteiger partial charge in [0.15, 0.2) is 5.75 Å². The van der Waals surface area contributed by atoms with Crippen LogP contribution in [0.15, 0.2) is 0 Å². The number of anilines is 1. The average molecular weight is 247 g/mol. The van der Waals surface area contributed by atoms with Crippen molar-refractivity contribution < 1.29 is 4.74 Å². The van der Waals surface area contributed by atoms with Gasteiger partial charge < -0.3 is 10.5 Å². The van der Waals surface area contributed by atoms with Gasteiger partial charge in [-0.15, -0.1) is 0 Å². The normalized spacial score (nSPS) is 10.7. The molecule has 0 aliphatic rings. The Balaban J connectivity index is 2.46. The van der Waals surface area contributed by atoms with E-state index in [0.29, 0.717) is 17.5 Å². The Morgan fingerprint density at radius 2 is 1.78 bits per heavy atom. The second-order valence-electron chi connectivity index (χ2n) is 4.31. The number of aromatic nitrogens is 4. The molecule has 0 saturated carbocycles. The zero-order valence-electron chi connectivity index (χ0n) is 11.3. The standard InChI is InChI=1S/C12H17N5O/c1-6-11(13)14-9(4)15-12(6)18-10-7(2)16-17(5)8(10)3/h1-5H3,(H2,13,14,15). The molecule has 6 nitrogen and oxygen atoms in total. The van der Waals surface area contributed by atoms with E-state index < -0.39 is 0 Å². The Hall–Kier alpha value is -2.11. The number of aryl methyl sites for hydroxylation is 3. The maximum Gasteiger partial charge on any atom is 0.227 e. The predicted molar refractivity (Wildman–Crippen MR) is 68.7 cm³/mol. The van der Waals surface area contributed by atoms with Crippen LogP contribution >= 0.6 is 0 Å². The first-order valence-corrected chi connectivity index (χ1v) is 5.69. The summed E-state index contributed by atoms with van der Waals surface area (Å²) in [4.78, 5) is 8.36. The molecule has 0 fully saturated rings. The van der Waals surface area contributed by atoms with E-state index in [1.807, 2.05) is 27.8 Å². The van der Waals surface area contributed by atoms with Crippen LogP contribution in [0.4, 0.5) is 5.82 Å². The van der Waals surface area contributed by atoms with Crippen LogP contribution in [-0.2, 0) is 7.05 Å². The highest BCUT2D eigenvalue weighted by atomic mass is 16.5. The summed E-state index contributed by atoms with van der Waals surface area (Å²) in [7, 11) is 1.88. The summed E-state index contributed by atoms with van der Waals surface area (Å²) < 4.78 is 7.61. The van der Waals surface area contributed by atoms with Crippen LogP contribution in [0, 0.1) is 27.7 Å². The third kappa shape index (κ3) is 2.01. The fourth-order valence-electron chi connectivity index (χ4n) is 1.72. The van der Waals surface area contributed by atoms with Gasteiger partial charge >= 0.3 is 0 Å². The molecule has 0 atom stereocenters. The molecule has 2 rings (SSSR count). The summed E-state index contributed by atoms with van der Waals surface area (Å²) in [6.45, 7) is 7.47. The Labute approximate surface area is 106 Å². The van der Waals surface area contributed by atoms with Crippen molar-refractivity contribution in [3.8, 4) is 11.6 Å². The highest BCUT2D eigenvalue weighted by Crippen LogP contribution is 2.30. The van der Waals surface area contributed by atoms with Gasteiger partial charge in [-0.1, -0.05) is 0 Å². The van der Waals surface area contributed by atoms with Crippen LogP contribution in [0.3, 0.4) is 0 Å². The van der Waals surface area contributed by atoms with Crippen LogP contribution in [0.2, 0.25) is 0 Å². The number of hydrogen-bond acceptors (Lipinski definition) is 5. The van der Waals surface area contributed by atoms with Crippen molar-refractivity contribution in [3.63, 3.8) is 0 Å². The minimum absolute atomic E-state index is 0.441. The molecule has 6 heteroatoms. The van der Waals surface area contributed by atoms with Crippen molar-refractivity contribution in [1.29, 1.82) is 0 Å². The minimum Gasteiger partial charge on any atom is -0.435 e. The molecule has 0 saturated heterocycles. The SMILES string of the molecule is Cc1nc(N)c(C)c(Oc2c(C)nn(C)c2C)n1. The van der Waals surface area contributed by atoms with Gasteiger partial charge in [0.25, 0.3) is 0 Å². The molecule has 2 aromatic rings. The van der Waals surface area contributed by atoms with E-state index in [1.165, 1.54) is 0 Å². The van der Waals surface area contributed by atoms with Crippen molar-refractivity contribution in [1.82, 2.24) is 19.7 Å². The van der Waals surface area contributed by atoms with Crippen molar-refractivity contribution in [3.05, 3.63) is 22.8 Å². The van der Waals surface area contributed by atoms with Gasteiger partial charge in [0.1, 0.15) is 17.3 Å². The first-order chi connectivity index (χ1) is 8.40. The van der Waals surface area contributed by atoms with Gasteiger partial charge in [0.05, 0.1) is 11.3 Å². The van der Waals surface area contributed by atoms with E-state index in [9.17, 15) is 0 Å². The van der Waals surface area contributed by atoms with Gasteiger partial charge in [0, 0.05) is 7.05 Å². The fourth-order valence-corrected chi connectivity index (χ4v) is 1.72. The molecule has 0 aliphatic heterocycles. The predicted octanol–water partition coefficient (Wildman–Crippen LogP) is 1.82. The van der Waals surface area contributed by atoms with E-state index in [4.69, 9.17) is 10.5 Å². The Morgan fingerprint density at radius 3 is 2.33 bits per heavy atom. The molecule has 0 unspecified atom stereocenters. The number of nitrogen functional groups attached to an aromatic ring is 1. The molecule has 0 amide bonds. The lowest BCUT2D eigenvalue weighted by Crippen LogP contribution is -2.03. The largest absolute Gasteiger partial charge is 0.435 e. The average Bonchev–Trinajstić information content (AvgIpc) is 2.52. The Bertz CT molecular complexity index is 603. The summed E-state index contributed by atoms with van der Waals surface area (Å²) in [5.74, 6) is 2.24. The molecule has 0 aliphatic carbocycles. The number of hydrogen-bond donors (Lipinski definition) is 1. The molecule has 96 valence electrons. The summed E-state index contributed by atoms with van der Waals surface area (Å²) in [6, 6.07) is 0. The number of nitrogens with two attached hydrogens (primary N) is 1. The molecular weight excluding hydrogens is 230 g/mol. The second-order valence-corrected chi connectivity index (χ2v) is 4.31. The third-order valence-corrected chi connectivity index (χ3v) is 2.89. The summed E-state index contributed by atoms with van der Waals surface area (Å²) >= 11 is 0. The lowest BCUT2D eigenvalue weighted by Gasteiger charge is -2.09. The zero-order valence-corrected chi connectivity index (χ0v) is 11.3. The molecule has 2 N–H and O–H groups in total. The molecule has 2 aromatic heterocycles. The van der Waals surface area contributed by atoms with Gasteiger partial charge in [0.2, 0.25) is 5.88 Å². The molecule has 2 heterocycles. The van der Waals surface area contributed by atoms with E-state index in [2.05, 4.69) is 15.1 Å². The van der Waals surface area contributed by atoms with Crippen LogP contribution in [0.1, 0.15) is 22.8 Å². The summed E-state index contributed by atoms with van der Waals surface area (Å²) in [6.07, 6.45) is 0. The van der Waals surface area contributed by atoms with Crippen molar-refractivity contribution >= 4 is 5.82 Å². The lowest BCUT2D eigenvalue weighted by atomic mass is 10.3. The van der Waals surface area contributed by atoms with Gasteiger partial charge in [-0.25, -0.2) is 4.98 Å². The highest BCUT2D eigenvalue weighted by Gasteiger charge is 2.15. The molecule has 0 radical (unpaired) electrons. The molecule has 0 spiro atoms. The Morgan fingerprint density at radius 1 is 1.11 bits per heavy atom. The summed E-state index contributed by atoms with van der Waals surface area (Å²) in [5.41, 5.74) is 8.31. The third-order valence-electron chi connectivity index (χ3n) is 2.89. The minimum atomic E-state index is 0.441. The number of ether oxygens (including phenoxy) is 1. The topological polar surface area (TPSA) is 78.9 Å². The zero-order chi connectivity index (χ0) is 13.4.